The van der Waals surface area contributed by atoms with E-state index in [-0.39, 0.29) is 6.10 Å². The van der Waals surface area contributed by atoms with Crippen molar-refractivity contribution in [2.75, 3.05) is 40.3 Å². The second kappa shape index (κ2) is 7.71. The Balaban J connectivity index is 2.34. The van der Waals surface area contributed by atoms with Gasteiger partial charge in [-0.3, -0.25) is 4.90 Å². The fourth-order valence-corrected chi connectivity index (χ4v) is 2.26. The van der Waals surface area contributed by atoms with E-state index >= 15 is 0 Å². The van der Waals surface area contributed by atoms with Gasteiger partial charge in [0.1, 0.15) is 0 Å². The van der Waals surface area contributed by atoms with E-state index in [2.05, 4.69) is 30.8 Å². The van der Waals surface area contributed by atoms with Gasteiger partial charge in [-0.25, -0.2) is 4.79 Å². The van der Waals surface area contributed by atoms with Gasteiger partial charge in [-0.15, -0.1) is 0 Å². The maximum absolute atomic E-state index is 10.8. The van der Waals surface area contributed by atoms with Crippen molar-refractivity contribution in [2.24, 2.45) is 0 Å². The molecule has 0 spiro atoms. The number of carboxylic acids is 1. The Morgan fingerprint density at radius 1 is 1.28 bits per heavy atom. The van der Waals surface area contributed by atoms with E-state index in [9.17, 15) is 4.79 Å². The van der Waals surface area contributed by atoms with E-state index in [4.69, 9.17) is 9.84 Å². The smallest absolute Gasteiger partial charge is 0.332 e. The third-order valence-electron chi connectivity index (χ3n) is 3.25. The number of carboxylic acid groups (broad SMARTS) is 1. The van der Waals surface area contributed by atoms with E-state index in [1.165, 1.54) is 0 Å². The Kier molecular flexibility index (Phi) is 6.60. The molecule has 0 bridgehead atoms. The van der Waals surface area contributed by atoms with Crippen LogP contribution in [0.15, 0.2) is 0 Å². The molecule has 0 aromatic carbocycles. The minimum atomic E-state index is -0.826. The van der Waals surface area contributed by atoms with Crippen LogP contribution in [0.4, 0.5) is 0 Å². The summed E-state index contributed by atoms with van der Waals surface area (Å²) < 4.78 is 5.55. The first kappa shape index (κ1) is 15.4. The summed E-state index contributed by atoms with van der Waals surface area (Å²) in [6.07, 6.45) is 2.11. The monoisotopic (exact) mass is 258 g/mol. The minimum absolute atomic E-state index is 0.0832. The highest BCUT2D eigenvalue weighted by molar-refractivity contribution is 5.72. The van der Waals surface area contributed by atoms with Gasteiger partial charge in [0.05, 0.1) is 6.10 Å². The molecule has 1 saturated heterocycles. The van der Waals surface area contributed by atoms with E-state index in [0.29, 0.717) is 6.42 Å². The molecule has 0 saturated carbocycles. The lowest BCUT2D eigenvalue weighted by Crippen LogP contribution is -2.38. The number of ether oxygens (including phenoxy) is 1. The molecule has 18 heavy (non-hydrogen) atoms. The summed E-state index contributed by atoms with van der Waals surface area (Å²) in [5.41, 5.74) is 0. The highest BCUT2D eigenvalue weighted by atomic mass is 16.5. The average molecular weight is 258 g/mol. The second-order valence-corrected chi connectivity index (χ2v) is 5.27. The van der Waals surface area contributed by atoms with Gasteiger partial charge in [-0.1, -0.05) is 6.92 Å². The Bertz CT molecular complexity index is 259. The number of aliphatic carboxylic acids is 1. The number of carbonyl (C=O) groups is 1. The van der Waals surface area contributed by atoms with Crippen LogP contribution in [0.1, 0.15) is 26.2 Å². The van der Waals surface area contributed by atoms with Crippen molar-refractivity contribution in [1.82, 2.24) is 9.80 Å². The fourth-order valence-electron chi connectivity index (χ4n) is 2.26. The van der Waals surface area contributed by atoms with Crippen molar-refractivity contribution < 1.29 is 14.6 Å². The van der Waals surface area contributed by atoms with Crippen LogP contribution in [-0.2, 0) is 9.53 Å². The van der Waals surface area contributed by atoms with Crippen molar-refractivity contribution in [3.8, 4) is 0 Å². The van der Waals surface area contributed by atoms with Crippen LogP contribution in [0, 0.1) is 0 Å². The van der Waals surface area contributed by atoms with Crippen LogP contribution >= 0.6 is 0 Å². The summed E-state index contributed by atoms with van der Waals surface area (Å²) in [6.45, 7) is 6.10. The van der Waals surface area contributed by atoms with Gasteiger partial charge >= 0.3 is 5.97 Å². The molecule has 0 radical (unpaired) electrons. The molecule has 1 rings (SSSR count). The van der Waals surface area contributed by atoms with Crippen LogP contribution in [0.5, 0.6) is 0 Å². The van der Waals surface area contributed by atoms with Crippen LogP contribution in [0.2, 0.25) is 0 Å². The third kappa shape index (κ3) is 5.33. The zero-order chi connectivity index (χ0) is 13.5. The standard InChI is InChI=1S/C13H26N2O3/c1-4-7-15(9-8-14(2)3)10-11-5-6-12(18-11)13(16)17/h11-12H,4-10H2,1-3H3,(H,16,17). The Hall–Kier alpha value is -0.650. The van der Waals surface area contributed by atoms with Gasteiger partial charge in [0.2, 0.25) is 0 Å². The van der Waals surface area contributed by atoms with Crippen LogP contribution in [0.3, 0.4) is 0 Å². The predicted octanol–water partition coefficient (Wildman–Crippen LogP) is 0.892. The lowest BCUT2D eigenvalue weighted by Gasteiger charge is -2.26. The fraction of sp³-hybridized carbons (Fsp3) is 0.923. The number of hydrogen-bond acceptors (Lipinski definition) is 4. The third-order valence-corrected chi connectivity index (χ3v) is 3.25. The first-order chi connectivity index (χ1) is 8.52. The SMILES string of the molecule is CCCN(CCN(C)C)CC1CCC(C(=O)O)O1. The average Bonchev–Trinajstić information content (AvgIpc) is 2.75. The first-order valence-electron chi connectivity index (χ1n) is 6.78. The van der Waals surface area contributed by atoms with Gasteiger partial charge in [0, 0.05) is 19.6 Å². The molecule has 0 amide bonds. The van der Waals surface area contributed by atoms with E-state index in [1.807, 2.05) is 0 Å². The molecule has 1 aliphatic heterocycles. The van der Waals surface area contributed by atoms with Gasteiger partial charge in [-0.2, -0.15) is 0 Å². The van der Waals surface area contributed by atoms with Crippen LogP contribution in [-0.4, -0.2) is 73.4 Å². The zero-order valence-corrected chi connectivity index (χ0v) is 11.8. The van der Waals surface area contributed by atoms with E-state index < -0.39 is 12.1 Å². The number of rotatable bonds is 8. The molecule has 1 N–H and O–H groups in total. The summed E-state index contributed by atoms with van der Waals surface area (Å²) in [7, 11) is 4.13. The molecular weight excluding hydrogens is 232 g/mol. The maximum atomic E-state index is 10.8. The number of likely N-dealkylation sites (N-methyl/N-ethyl adjacent to an activating group) is 1. The summed E-state index contributed by atoms with van der Waals surface area (Å²) in [5, 5.41) is 8.90. The van der Waals surface area contributed by atoms with Gasteiger partial charge in [-0.05, 0) is 39.9 Å². The van der Waals surface area contributed by atoms with Gasteiger partial charge in [0.15, 0.2) is 6.10 Å². The van der Waals surface area contributed by atoms with Crippen molar-refractivity contribution >= 4 is 5.97 Å². The Morgan fingerprint density at radius 2 is 2.00 bits per heavy atom. The zero-order valence-electron chi connectivity index (χ0n) is 11.8. The van der Waals surface area contributed by atoms with Crippen molar-refractivity contribution in [2.45, 2.75) is 38.4 Å². The van der Waals surface area contributed by atoms with Crippen molar-refractivity contribution in [3.05, 3.63) is 0 Å². The molecule has 1 heterocycles. The van der Waals surface area contributed by atoms with E-state index in [1.54, 1.807) is 0 Å². The maximum Gasteiger partial charge on any atom is 0.332 e. The van der Waals surface area contributed by atoms with Crippen molar-refractivity contribution in [1.29, 1.82) is 0 Å². The normalized spacial score (nSPS) is 24.1. The molecule has 5 heteroatoms. The summed E-state index contributed by atoms with van der Waals surface area (Å²) in [5.74, 6) is -0.826. The minimum Gasteiger partial charge on any atom is -0.479 e. The summed E-state index contributed by atoms with van der Waals surface area (Å²) in [4.78, 5) is 15.4. The lowest BCUT2D eigenvalue weighted by molar-refractivity contribution is -0.149. The first-order valence-corrected chi connectivity index (χ1v) is 6.78. The van der Waals surface area contributed by atoms with E-state index in [0.717, 1.165) is 39.0 Å². The van der Waals surface area contributed by atoms with Gasteiger partial charge < -0.3 is 14.7 Å². The molecule has 5 nitrogen and oxygen atoms in total. The molecule has 1 fully saturated rings. The summed E-state index contributed by atoms with van der Waals surface area (Å²) >= 11 is 0. The molecule has 0 aromatic rings. The Labute approximate surface area is 110 Å². The molecule has 0 aliphatic carbocycles. The molecule has 106 valence electrons. The van der Waals surface area contributed by atoms with Crippen LogP contribution < -0.4 is 0 Å². The highest BCUT2D eigenvalue weighted by Crippen LogP contribution is 2.20. The van der Waals surface area contributed by atoms with Gasteiger partial charge in [0.25, 0.3) is 0 Å². The number of nitrogens with zero attached hydrogens (tertiary/aromatic N) is 2. The lowest BCUT2D eigenvalue weighted by atomic mass is 10.2. The highest BCUT2D eigenvalue weighted by Gasteiger charge is 2.31. The number of hydrogen-bond donors (Lipinski definition) is 1. The second-order valence-electron chi connectivity index (χ2n) is 5.27. The molecule has 2 atom stereocenters. The molecule has 0 aromatic heterocycles. The molecule has 1 aliphatic rings. The van der Waals surface area contributed by atoms with Crippen molar-refractivity contribution in [3.63, 3.8) is 0 Å². The largest absolute Gasteiger partial charge is 0.479 e. The molecular formula is C13H26N2O3. The molecule has 2 unspecified atom stereocenters. The van der Waals surface area contributed by atoms with Crippen LogP contribution in [0.25, 0.3) is 0 Å². The summed E-state index contributed by atoms with van der Waals surface area (Å²) in [6, 6.07) is 0. The Morgan fingerprint density at radius 3 is 2.50 bits per heavy atom. The quantitative estimate of drug-likeness (QED) is 0.701. The predicted molar refractivity (Wildman–Crippen MR) is 70.8 cm³/mol. The topological polar surface area (TPSA) is 53.0 Å².